The molecule has 2 amide bonds. The van der Waals surface area contributed by atoms with Crippen molar-refractivity contribution in [2.24, 2.45) is 5.41 Å². The van der Waals surface area contributed by atoms with Crippen LogP contribution in [0.2, 0.25) is 0 Å². The topological polar surface area (TPSA) is 98.5 Å². The van der Waals surface area contributed by atoms with Gasteiger partial charge in [-0.25, -0.2) is 14.8 Å². The highest BCUT2D eigenvalue weighted by atomic mass is 16.2. The van der Waals surface area contributed by atoms with Gasteiger partial charge in [0.25, 0.3) is 0 Å². The largest absolute Gasteiger partial charge is 0.360 e. The number of benzene rings is 1. The number of anilines is 1. The summed E-state index contributed by atoms with van der Waals surface area (Å²) >= 11 is 0. The highest BCUT2D eigenvalue weighted by Crippen LogP contribution is 2.30. The summed E-state index contributed by atoms with van der Waals surface area (Å²) in [6.45, 7) is 10.6. The third kappa shape index (κ3) is 4.99. The summed E-state index contributed by atoms with van der Waals surface area (Å²) < 4.78 is 0. The molecule has 0 unspecified atom stereocenters. The predicted molar refractivity (Wildman–Crippen MR) is 129 cm³/mol. The van der Waals surface area contributed by atoms with Crippen LogP contribution in [0.3, 0.4) is 0 Å². The molecule has 3 aromatic heterocycles. The lowest BCUT2D eigenvalue weighted by atomic mass is 9.82. The fourth-order valence-corrected chi connectivity index (χ4v) is 4.30. The lowest BCUT2D eigenvalue weighted by Crippen LogP contribution is -2.47. The van der Waals surface area contributed by atoms with E-state index in [4.69, 9.17) is 9.97 Å². The number of rotatable bonds is 5. The minimum Gasteiger partial charge on any atom is -0.360 e. The summed E-state index contributed by atoms with van der Waals surface area (Å²) in [6, 6.07) is 13.1. The molecule has 0 aliphatic carbocycles. The van der Waals surface area contributed by atoms with Gasteiger partial charge in [0, 0.05) is 23.6 Å². The number of H-pyrrole nitrogens is 2. The van der Waals surface area contributed by atoms with Gasteiger partial charge in [0.2, 0.25) is 0 Å². The molecule has 166 valence electrons. The van der Waals surface area contributed by atoms with Crippen molar-refractivity contribution in [2.75, 3.05) is 5.32 Å². The molecule has 0 aliphatic rings. The van der Waals surface area contributed by atoms with Gasteiger partial charge in [0.15, 0.2) is 0 Å². The number of amides is 2. The average Bonchev–Trinajstić information content (AvgIpc) is 3.38. The maximum Gasteiger partial charge on any atom is 0.319 e. The van der Waals surface area contributed by atoms with Crippen LogP contribution in [0.1, 0.15) is 41.0 Å². The van der Waals surface area contributed by atoms with Crippen molar-refractivity contribution in [2.45, 2.75) is 46.6 Å². The number of hydrogen-bond acceptors (Lipinski definition) is 3. The van der Waals surface area contributed by atoms with Gasteiger partial charge in [0.1, 0.15) is 11.4 Å². The second-order valence-electron chi connectivity index (χ2n) is 9.99. The van der Waals surface area contributed by atoms with Gasteiger partial charge < -0.3 is 20.6 Å². The van der Waals surface area contributed by atoms with Crippen LogP contribution in [0.15, 0.2) is 54.9 Å². The van der Waals surface area contributed by atoms with Crippen molar-refractivity contribution >= 4 is 22.8 Å². The molecule has 1 aromatic carbocycles. The standard InChI is InChI=1S/C25H30N6O/c1-24(2,3)15-25(4,5)31-23(32)28-16-10-11-17-20(14-16)30-22(19-9-7-13-27-19)21(29-17)18-8-6-12-26-18/h6-14,26-27H,15H2,1-5H3,(H2,28,31,32). The van der Waals surface area contributed by atoms with Crippen molar-refractivity contribution in [1.29, 1.82) is 0 Å². The zero-order valence-electron chi connectivity index (χ0n) is 19.2. The highest BCUT2D eigenvalue weighted by molar-refractivity contribution is 5.93. The maximum atomic E-state index is 12.6. The van der Waals surface area contributed by atoms with E-state index in [1.165, 1.54) is 0 Å². The second-order valence-corrected chi connectivity index (χ2v) is 9.99. The molecule has 7 nitrogen and oxygen atoms in total. The van der Waals surface area contributed by atoms with Crippen molar-refractivity contribution < 1.29 is 4.79 Å². The van der Waals surface area contributed by atoms with Crippen LogP contribution in [0, 0.1) is 5.41 Å². The third-order valence-corrected chi connectivity index (χ3v) is 5.05. The molecule has 32 heavy (non-hydrogen) atoms. The van der Waals surface area contributed by atoms with E-state index < -0.39 is 0 Å². The molecular formula is C25H30N6O. The quantitative estimate of drug-likeness (QED) is 0.314. The summed E-state index contributed by atoms with van der Waals surface area (Å²) in [5.41, 5.74) is 5.20. The van der Waals surface area contributed by atoms with Crippen LogP contribution in [0.5, 0.6) is 0 Å². The van der Waals surface area contributed by atoms with Crippen LogP contribution >= 0.6 is 0 Å². The van der Waals surface area contributed by atoms with Crippen LogP contribution in [-0.2, 0) is 0 Å². The van der Waals surface area contributed by atoms with E-state index in [-0.39, 0.29) is 17.0 Å². The minimum absolute atomic E-state index is 0.111. The molecule has 0 atom stereocenters. The summed E-state index contributed by atoms with van der Waals surface area (Å²) in [6.07, 6.45) is 4.59. The van der Waals surface area contributed by atoms with Crippen LogP contribution in [-0.4, -0.2) is 31.5 Å². The molecule has 0 fully saturated rings. The maximum absolute atomic E-state index is 12.6. The van der Waals surface area contributed by atoms with Gasteiger partial charge in [-0.05, 0) is 68.1 Å². The Morgan fingerprint density at radius 1 is 0.875 bits per heavy atom. The first kappa shape index (κ1) is 21.6. The van der Waals surface area contributed by atoms with Crippen molar-refractivity contribution in [3.63, 3.8) is 0 Å². The van der Waals surface area contributed by atoms with Gasteiger partial charge in [-0.1, -0.05) is 20.8 Å². The SMILES string of the molecule is CC(C)(C)CC(C)(C)NC(=O)Nc1ccc2nc(-c3ccc[nH]3)c(-c3ccc[nH]3)nc2c1. The number of nitrogens with zero attached hydrogens (tertiary/aromatic N) is 2. The predicted octanol–water partition coefficient (Wildman–Crippen LogP) is 5.96. The van der Waals surface area contributed by atoms with Gasteiger partial charge in [-0.2, -0.15) is 0 Å². The molecule has 0 bridgehead atoms. The van der Waals surface area contributed by atoms with E-state index in [9.17, 15) is 4.79 Å². The molecule has 4 aromatic rings. The van der Waals surface area contributed by atoms with Crippen molar-refractivity contribution in [1.82, 2.24) is 25.3 Å². The van der Waals surface area contributed by atoms with E-state index in [1.807, 2.05) is 68.7 Å². The first-order valence-corrected chi connectivity index (χ1v) is 10.8. The Hall–Kier alpha value is -3.61. The van der Waals surface area contributed by atoms with E-state index >= 15 is 0 Å². The Morgan fingerprint density at radius 3 is 2.00 bits per heavy atom. The van der Waals surface area contributed by atoms with E-state index in [1.54, 1.807) is 0 Å². The lowest BCUT2D eigenvalue weighted by Gasteiger charge is -2.33. The Labute approximate surface area is 188 Å². The number of carbonyl (C=O) groups is 1. The third-order valence-electron chi connectivity index (χ3n) is 5.05. The van der Waals surface area contributed by atoms with Crippen LogP contribution < -0.4 is 10.6 Å². The number of nitrogens with one attached hydrogen (secondary N) is 4. The fraction of sp³-hybridized carbons (Fsp3) is 0.320. The summed E-state index contributed by atoms with van der Waals surface area (Å²) in [5.74, 6) is 0. The number of carbonyl (C=O) groups excluding carboxylic acids is 1. The number of aromatic nitrogens is 4. The number of urea groups is 1. The fourth-order valence-electron chi connectivity index (χ4n) is 4.30. The monoisotopic (exact) mass is 430 g/mol. The first-order valence-electron chi connectivity index (χ1n) is 10.8. The average molecular weight is 431 g/mol. The molecule has 0 spiro atoms. The number of aromatic amines is 2. The molecule has 0 saturated carbocycles. The summed E-state index contributed by atoms with van der Waals surface area (Å²) in [4.78, 5) is 28.8. The van der Waals surface area contributed by atoms with Gasteiger partial charge in [-0.3, -0.25) is 0 Å². The van der Waals surface area contributed by atoms with E-state index in [0.717, 1.165) is 34.7 Å². The molecule has 4 rings (SSSR count). The smallest absolute Gasteiger partial charge is 0.319 e. The van der Waals surface area contributed by atoms with Gasteiger partial charge in [-0.15, -0.1) is 0 Å². The van der Waals surface area contributed by atoms with Crippen LogP contribution in [0.25, 0.3) is 33.8 Å². The molecule has 0 radical (unpaired) electrons. The normalized spacial score (nSPS) is 12.2. The van der Waals surface area contributed by atoms with E-state index in [0.29, 0.717) is 11.2 Å². The summed E-state index contributed by atoms with van der Waals surface area (Å²) in [7, 11) is 0. The van der Waals surface area contributed by atoms with Crippen LogP contribution in [0.4, 0.5) is 10.5 Å². The lowest BCUT2D eigenvalue weighted by molar-refractivity contribution is 0.220. The Bertz CT molecular complexity index is 1220. The highest BCUT2D eigenvalue weighted by Gasteiger charge is 2.27. The molecule has 3 heterocycles. The zero-order chi connectivity index (χ0) is 22.9. The van der Waals surface area contributed by atoms with Gasteiger partial charge in [0.05, 0.1) is 22.4 Å². The molecule has 0 saturated heterocycles. The second kappa shape index (κ2) is 8.15. The van der Waals surface area contributed by atoms with Crippen molar-refractivity contribution in [3.05, 3.63) is 54.9 Å². The molecule has 7 heteroatoms. The Kier molecular flexibility index (Phi) is 5.50. The zero-order valence-corrected chi connectivity index (χ0v) is 19.2. The van der Waals surface area contributed by atoms with Gasteiger partial charge >= 0.3 is 6.03 Å². The van der Waals surface area contributed by atoms with Crippen molar-refractivity contribution in [3.8, 4) is 22.8 Å². The molecule has 0 aliphatic heterocycles. The number of hydrogen-bond donors (Lipinski definition) is 4. The first-order chi connectivity index (χ1) is 15.1. The Morgan fingerprint density at radius 2 is 1.47 bits per heavy atom. The number of fused-ring (bicyclic) bond motifs is 1. The minimum atomic E-state index is -0.329. The molecule has 4 N–H and O–H groups in total. The van der Waals surface area contributed by atoms with E-state index in [2.05, 4.69) is 41.4 Å². The molecular weight excluding hydrogens is 400 g/mol. The summed E-state index contributed by atoms with van der Waals surface area (Å²) in [5, 5.41) is 6.02. The Balaban J connectivity index is 1.63.